The number of hydrogen-bond donors (Lipinski definition) is 1. The number of carbonyl (C=O) groups excluding carboxylic acids is 1. The number of carbonyl (C=O) groups is 1. The summed E-state index contributed by atoms with van der Waals surface area (Å²) in [5, 5.41) is 9.04. The Morgan fingerprint density at radius 3 is 2.45 bits per heavy atom. The summed E-state index contributed by atoms with van der Waals surface area (Å²) in [6.07, 6.45) is 0.913. The minimum Gasteiger partial charge on any atom is -0.392 e. The quantitative estimate of drug-likeness (QED) is 0.927. The molecule has 102 valence electrons. The molecule has 1 N–H and O–H groups in total. The molecule has 1 aliphatic heterocycles. The van der Waals surface area contributed by atoms with Crippen LogP contribution in [-0.2, 0) is 19.6 Å². The first-order valence-corrected chi connectivity index (χ1v) is 6.84. The second-order valence-electron chi connectivity index (χ2n) is 5.11. The molecule has 0 aromatic heterocycles. The van der Waals surface area contributed by atoms with Gasteiger partial charge in [0.05, 0.1) is 6.61 Å². The minimum atomic E-state index is 0.0519. The van der Waals surface area contributed by atoms with Crippen molar-refractivity contribution in [1.29, 1.82) is 0 Å². The summed E-state index contributed by atoms with van der Waals surface area (Å²) in [6, 6.07) is 15.6. The van der Waals surface area contributed by atoms with Crippen LogP contribution in [0.4, 0.5) is 0 Å². The van der Waals surface area contributed by atoms with Gasteiger partial charge in [-0.3, -0.25) is 4.79 Å². The lowest BCUT2D eigenvalue weighted by atomic mass is 9.98. The van der Waals surface area contributed by atoms with Gasteiger partial charge in [-0.1, -0.05) is 42.5 Å². The third kappa shape index (κ3) is 2.45. The van der Waals surface area contributed by atoms with Crippen LogP contribution in [0.1, 0.15) is 27.0 Å². The molecule has 0 saturated heterocycles. The lowest BCUT2D eigenvalue weighted by Gasteiger charge is -2.28. The number of aliphatic hydroxyl groups is 1. The molecule has 2 aromatic rings. The van der Waals surface area contributed by atoms with Crippen molar-refractivity contribution in [2.75, 3.05) is 6.54 Å². The average molecular weight is 267 g/mol. The predicted molar refractivity (Wildman–Crippen MR) is 77.3 cm³/mol. The van der Waals surface area contributed by atoms with Crippen molar-refractivity contribution < 1.29 is 9.90 Å². The zero-order valence-electron chi connectivity index (χ0n) is 11.2. The molecule has 0 radical (unpaired) electrons. The topological polar surface area (TPSA) is 40.5 Å². The largest absolute Gasteiger partial charge is 0.392 e. The van der Waals surface area contributed by atoms with Crippen LogP contribution in [0.15, 0.2) is 48.5 Å². The van der Waals surface area contributed by atoms with Crippen LogP contribution in [0.2, 0.25) is 0 Å². The van der Waals surface area contributed by atoms with E-state index in [4.69, 9.17) is 5.11 Å². The third-order valence-corrected chi connectivity index (χ3v) is 3.77. The molecule has 3 rings (SSSR count). The van der Waals surface area contributed by atoms with E-state index in [9.17, 15) is 4.79 Å². The van der Waals surface area contributed by atoms with Gasteiger partial charge in [-0.2, -0.15) is 0 Å². The van der Waals surface area contributed by atoms with E-state index in [2.05, 4.69) is 0 Å². The molecule has 0 saturated carbocycles. The second kappa shape index (κ2) is 5.47. The molecule has 1 amide bonds. The average Bonchev–Trinajstić information content (AvgIpc) is 2.51. The number of benzene rings is 2. The first kappa shape index (κ1) is 12.9. The summed E-state index contributed by atoms with van der Waals surface area (Å²) in [7, 11) is 0. The Balaban J connectivity index is 1.77. The normalized spacial score (nSPS) is 14.2. The maximum atomic E-state index is 12.4. The fraction of sp³-hybridized carbons (Fsp3) is 0.235. The van der Waals surface area contributed by atoms with Gasteiger partial charge in [0.15, 0.2) is 0 Å². The summed E-state index contributed by atoms with van der Waals surface area (Å²) < 4.78 is 0. The van der Waals surface area contributed by atoms with E-state index < -0.39 is 0 Å². The molecular weight excluding hydrogens is 250 g/mol. The lowest BCUT2D eigenvalue weighted by molar-refractivity contribution is 0.0727. The molecule has 3 nitrogen and oxygen atoms in total. The number of hydrogen-bond acceptors (Lipinski definition) is 2. The highest BCUT2D eigenvalue weighted by atomic mass is 16.3. The van der Waals surface area contributed by atoms with Gasteiger partial charge in [-0.15, -0.1) is 0 Å². The SMILES string of the molecule is O=C1c2ccccc2CCN1Cc1ccc(CO)cc1. The predicted octanol–water partition coefficient (Wildman–Crippen LogP) is 2.38. The van der Waals surface area contributed by atoms with E-state index in [0.29, 0.717) is 6.54 Å². The molecule has 20 heavy (non-hydrogen) atoms. The molecule has 1 aliphatic rings. The number of nitrogens with zero attached hydrogens (tertiary/aromatic N) is 1. The van der Waals surface area contributed by atoms with Crippen LogP contribution >= 0.6 is 0 Å². The maximum Gasteiger partial charge on any atom is 0.254 e. The van der Waals surface area contributed by atoms with Gasteiger partial charge >= 0.3 is 0 Å². The maximum absolute atomic E-state index is 12.4. The third-order valence-electron chi connectivity index (χ3n) is 3.77. The highest BCUT2D eigenvalue weighted by Gasteiger charge is 2.23. The Bertz CT molecular complexity index is 619. The van der Waals surface area contributed by atoms with Crippen molar-refractivity contribution >= 4 is 5.91 Å². The first-order valence-electron chi connectivity index (χ1n) is 6.84. The molecule has 2 aromatic carbocycles. The lowest BCUT2D eigenvalue weighted by Crippen LogP contribution is -2.36. The summed E-state index contributed by atoms with van der Waals surface area (Å²) in [6.45, 7) is 1.44. The van der Waals surface area contributed by atoms with Gasteiger partial charge < -0.3 is 10.0 Å². The van der Waals surface area contributed by atoms with Crippen LogP contribution < -0.4 is 0 Å². The number of rotatable bonds is 3. The van der Waals surface area contributed by atoms with Gasteiger partial charge in [-0.05, 0) is 29.2 Å². The Labute approximate surface area is 118 Å². The molecule has 0 unspecified atom stereocenters. The van der Waals surface area contributed by atoms with Crippen molar-refractivity contribution in [3.63, 3.8) is 0 Å². The van der Waals surface area contributed by atoms with Crippen LogP contribution in [-0.4, -0.2) is 22.5 Å². The molecule has 0 fully saturated rings. The highest BCUT2D eigenvalue weighted by molar-refractivity contribution is 5.96. The number of aliphatic hydroxyl groups excluding tert-OH is 1. The van der Waals surface area contributed by atoms with Gasteiger partial charge in [0.2, 0.25) is 0 Å². The van der Waals surface area contributed by atoms with E-state index in [1.165, 1.54) is 0 Å². The van der Waals surface area contributed by atoms with Crippen molar-refractivity contribution in [2.45, 2.75) is 19.6 Å². The summed E-state index contributed by atoms with van der Waals surface area (Å²) >= 11 is 0. The fourth-order valence-corrected chi connectivity index (χ4v) is 2.60. The molecule has 3 heteroatoms. The Hall–Kier alpha value is -2.13. The first-order chi connectivity index (χ1) is 9.78. The second-order valence-corrected chi connectivity index (χ2v) is 5.11. The zero-order valence-corrected chi connectivity index (χ0v) is 11.2. The molecule has 1 heterocycles. The van der Waals surface area contributed by atoms with Crippen LogP contribution in [0, 0.1) is 0 Å². The summed E-state index contributed by atoms with van der Waals surface area (Å²) in [5.74, 6) is 0.109. The minimum absolute atomic E-state index is 0.0519. The zero-order chi connectivity index (χ0) is 13.9. The van der Waals surface area contributed by atoms with E-state index >= 15 is 0 Å². The Morgan fingerprint density at radius 1 is 1.00 bits per heavy atom. The number of fused-ring (bicyclic) bond motifs is 1. The number of amides is 1. The summed E-state index contributed by atoms with van der Waals surface area (Å²) in [4.78, 5) is 14.3. The van der Waals surface area contributed by atoms with E-state index in [-0.39, 0.29) is 12.5 Å². The summed E-state index contributed by atoms with van der Waals surface area (Å²) in [5.41, 5.74) is 3.95. The fourth-order valence-electron chi connectivity index (χ4n) is 2.60. The standard InChI is InChI=1S/C17H17NO2/c19-12-14-7-5-13(6-8-14)11-18-10-9-15-3-1-2-4-16(15)17(18)20/h1-8,19H,9-12H2. The molecule has 0 bridgehead atoms. The monoisotopic (exact) mass is 267 g/mol. The van der Waals surface area contributed by atoms with Crippen LogP contribution in [0.3, 0.4) is 0 Å². The van der Waals surface area contributed by atoms with Gasteiger partial charge in [0.25, 0.3) is 5.91 Å². The highest BCUT2D eigenvalue weighted by Crippen LogP contribution is 2.20. The van der Waals surface area contributed by atoms with Crippen LogP contribution in [0.5, 0.6) is 0 Å². The van der Waals surface area contributed by atoms with Crippen molar-refractivity contribution in [2.24, 2.45) is 0 Å². The molecule has 0 atom stereocenters. The van der Waals surface area contributed by atoms with Gasteiger partial charge in [0, 0.05) is 18.7 Å². The van der Waals surface area contributed by atoms with Crippen molar-refractivity contribution in [3.8, 4) is 0 Å². The van der Waals surface area contributed by atoms with E-state index in [0.717, 1.165) is 35.2 Å². The van der Waals surface area contributed by atoms with Crippen molar-refractivity contribution in [1.82, 2.24) is 4.90 Å². The Kier molecular flexibility index (Phi) is 3.52. The molecular formula is C17H17NO2. The van der Waals surface area contributed by atoms with Gasteiger partial charge in [-0.25, -0.2) is 0 Å². The smallest absolute Gasteiger partial charge is 0.254 e. The molecule has 0 aliphatic carbocycles. The van der Waals surface area contributed by atoms with E-state index in [1.807, 2.05) is 53.4 Å². The molecule has 0 spiro atoms. The Morgan fingerprint density at radius 2 is 1.70 bits per heavy atom. The van der Waals surface area contributed by atoms with Crippen molar-refractivity contribution in [3.05, 3.63) is 70.8 Å². The van der Waals surface area contributed by atoms with Crippen LogP contribution in [0.25, 0.3) is 0 Å². The van der Waals surface area contributed by atoms with E-state index in [1.54, 1.807) is 0 Å². The van der Waals surface area contributed by atoms with Gasteiger partial charge in [0.1, 0.15) is 0 Å².